The number of carbonyl (C=O) groups is 1. The van der Waals surface area contributed by atoms with Crippen molar-refractivity contribution >= 4 is 21.8 Å². The smallest absolute Gasteiger partial charge is 0.272 e. The standard InChI is InChI=1S/C16H18BrN3O3/c1-22-6-7-23-13-9-20(10-13)16(21)15-8-14(18-19-15)11-2-4-12(17)5-3-11/h2-5,8,13H,6-7,9-10H2,1H3,(H,18,19). The number of nitrogens with zero attached hydrogens (tertiary/aromatic N) is 2. The highest BCUT2D eigenvalue weighted by Crippen LogP contribution is 2.22. The van der Waals surface area contributed by atoms with Crippen molar-refractivity contribution in [2.75, 3.05) is 33.4 Å². The number of ether oxygens (including phenoxy) is 2. The van der Waals surface area contributed by atoms with Gasteiger partial charge < -0.3 is 14.4 Å². The Labute approximate surface area is 142 Å². The van der Waals surface area contributed by atoms with E-state index in [1.165, 1.54) is 0 Å². The first kappa shape index (κ1) is 16.2. The van der Waals surface area contributed by atoms with Crippen LogP contribution < -0.4 is 0 Å². The second-order valence-electron chi connectivity index (χ2n) is 5.37. The van der Waals surface area contributed by atoms with E-state index in [4.69, 9.17) is 9.47 Å². The Bertz CT molecular complexity index is 665. The van der Waals surface area contributed by atoms with Gasteiger partial charge in [-0.1, -0.05) is 28.1 Å². The Morgan fingerprint density at radius 3 is 2.78 bits per heavy atom. The third-order valence-corrected chi connectivity index (χ3v) is 4.25. The van der Waals surface area contributed by atoms with E-state index < -0.39 is 0 Å². The summed E-state index contributed by atoms with van der Waals surface area (Å²) >= 11 is 3.40. The zero-order valence-corrected chi connectivity index (χ0v) is 14.4. The summed E-state index contributed by atoms with van der Waals surface area (Å²) in [6.07, 6.45) is 0.1000. The van der Waals surface area contributed by atoms with Crippen molar-refractivity contribution < 1.29 is 14.3 Å². The van der Waals surface area contributed by atoms with Crippen LogP contribution in [0.15, 0.2) is 34.8 Å². The third-order valence-electron chi connectivity index (χ3n) is 3.72. The molecule has 1 aromatic carbocycles. The van der Waals surface area contributed by atoms with Crippen LogP contribution in [0, 0.1) is 0 Å². The van der Waals surface area contributed by atoms with Crippen molar-refractivity contribution in [2.45, 2.75) is 6.10 Å². The fourth-order valence-electron chi connectivity index (χ4n) is 2.38. The minimum absolute atomic E-state index is 0.0487. The lowest BCUT2D eigenvalue weighted by molar-refractivity contribution is -0.0556. The molecule has 23 heavy (non-hydrogen) atoms. The minimum Gasteiger partial charge on any atom is -0.382 e. The number of rotatable bonds is 6. The van der Waals surface area contributed by atoms with Gasteiger partial charge in [0.05, 0.1) is 25.0 Å². The summed E-state index contributed by atoms with van der Waals surface area (Å²) in [5, 5.41) is 7.04. The Hall–Kier alpha value is -1.70. The van der Waals surface area contributed by atoms with Crippen LogP contribution in [0.25, 0.3) is 11.3 Å². The van der Waals surface area contributed by atoms with Crippen molar-refractivity contribution in [3.8, 4) is 11.3 Å². The van der Waals surface area contributed by atoms with Crippen molar-refractivity contribution in [3.05, 3.63) is 40.5 Å². The van der Waals surface area contributed by atoms with Crippen LogP contribution in [0.2, 0.25) is 0 Å². The number of carbonyl (C=O) groups excluding carboxylic acids is 1. The highest BCUT2D eigenvalue weighted by atomic mass is 79.9. The molecule has 0 saturated carbocycles. The number of aromatic nitrogens is 2. The summed E-state index contributed by atoms with van der Waals surface area (Å²) in [5.41, 5.74) is 2.22. The summed E-state index contributed by atoms with van der Waals surface area (Å²) < 4.78 is 11.5. The summed E-state index contributed by atoms with van der Waals surface area (Å²) in [4.78, 5) is 14.1. The molecule has 0 aliphatic carbocycles. The fourth-order valence-corrected chi connectivity index (χ4v) is 2.64. The largest absolute Gasteiger partial charge is 0.382 e. The molecule has 1 aliphatic rings. The van der Waals surface area contributed by atoms with Gasteiger partial charge in [0.25, 0.3) is 5.91 Å². The zero-order chi connectivity index (χ0) is 16.2. The first-order valence-corrected chi connectivity index (χ1v) is 8.18. The molecule has 0 spiro atoms. The summed E-state index contributed by atoms with van der Waals surface area (Å²) in [6.45, 7) is 2.34. The molecule has 122 valence electrons. The Morgan fingerprint density at radius 1 is 1.35 bits per heavy atom. The monoisotopic (exact) mass is 379 g/mol. The average Bonchev–Trinajstić information content (AvgIpc) is 2.99. The maximum Gasteiger partial charge on any atom is 0.272 e. The van der Waals surface area contributed by atoms with E-state index in [1.807, 2.05) is 24.3 Å². The number of H-pyrrole nitrogens is 1. The van der Waals surface area contributed by atoms with Gasteiger partial charge in [0.2, 0.25) is 0 Å². The summed E-state index contributed by atoms with van der Waals surface area (Å²) in [5.74, 6) is -0.0487. The lowest BCUT2D eigenvalue weighted by atomic mass is 10.1. The van der Waals surface area contributed by atoms with Crippen LogP contribution in [-0.2, 0) is 9.47 Å². The van der Waals surface area contributed by atoms with E-state index in [1.54, 1.807) is 18.1 Å². The molecular weight excluding hydrogens is 362 g/mol. The van der Waals surface area contributed by atoms with Crippen molar-refractivity contribution in [1.29, 1.82) is 0 Å². The number of aromatic amines is 1. The van der Waals surface area contributed by atoms with Gasteiger partial charge in [-0.25, -0.2) is 0 Å². The number of amides is 1. The highest BCUT2D eigenvalue weighted by molar-refractivity contribution is 9.10. The topological polar surface area (TPSA) is 67.5 Å². The van der Waals surface area contributed by atoms with E-state index in [0.29, 0.717) is 32.0 Å². The van der Waals surface area contributed by atoms with Gasteiger partial charge in [0, 0.05) is 30.2 Å². The van der Waals surface area contributed by atoms with Crippen LogP contribution in [0.1, 0.15) is 10.5 Å². The molecule has 1 amide bonds. The van der Waals surface area contributed by atoms with E-state index >= 15 is 0 Å². The Morgan fingerprint density at radius 2 is 2.09 bits per heavy atom. The van der Waals surface area contributed by atoms with Gasteiger partial charge in [0.15, 0.2) is 0 Å². The molecule has 1 saturated heterocycles. The maximum atomic E-state index is 12.4. The normalized spacial score (nSPS) is 14.8. The first-order valence-electron chi connectivity index (χ1n) is 7.38. The quantitative estimate of drug-likeness (QED) is 0.782. The van der Waals surface area contributed by atoms with Gasteiger partial charge in [0.1, 0.15) is 5.69 Å². The number of likely N-dealkylation sites (tertiary alicyclic amines) is 1. The molecule has 0 bridgehead atoms. The van der Waals surface area contributed by atoms with E-state index in [9.17, 15) is 4.79 Å². The summed E-state index contributed by atoms with van der Waals surface area (Å²) in [6, 6.07) is 9.59. The predicted octanol–water partition coefficient (Wildman–Crippen LogP) is 2.33. The molecule has 0 unspecified atom stereocenters. The predicted molar refractivity (Wildman–Crippen MR) is 89.2 cm³/mol. The Balaban J connectivity index is 1.56. The molecule has 2 aromatic rings. The van der Waals surface area contributed by atoms with Crippen LogP contribution in [0.5, 0.6) is 0 Å². The fraction of sp³-hybridized carbons (Fsp3) is 0.375. The average molecular weight is 380 g/mol. The van der Waals surface area contributed by atoms with Gasteiger partial charge in [-0.15, -0.1) is 0 Å². The van der Waals surface area contributed by atoms with Crippen molar-refractivity contribution in [1.82, 2.24) is 15.1 Å². The third kappa shape index (κ3) is 3.80. The molecule has 2 heterocycles. The maximum absolute atomic E-state index is 12.4. The van der Waals surface area contributed by atoms with Gasteiger partial charge in [-0.05, 0) is 18.2 Å². The second kappa shape index (κ2) is 7.25. The SMILES string of the molecule is COCCOC1CN(C(=O)c2cc(-c3ccc(Br)cc3)n[nH]2)C1. The zero-order valence-electron chi connectivity index (χ0n) is 12.8. The first-order chi connectivity index (χ1) is 11.2. The number of halogens is 1. The second-order valence-corrected chi connectivity index (χ2v) is 6.29. The van der Waals surface area contributed by atoms with Crippen LogP contribution in [-0.4, -0.2) is 60.5 Å². The molecule has 1 aromatic heterocycles. The highest BCUT2D eigenvalue weighted by Gasteiger charge is 2.32. The van der Waals surface area contributed by atoms with E-state index in [2.05, 4.69) is 26.1 Å². The molecule has 6 nitrogen and oxygen atoms in total. The van der Waals surface area contributed by atoms with E-state index in [-0.39, 0.29) is 12.0 Å². The van der Waals surface area contributed by atoms with Crippen LogP contribution in [0.4, 0.5) is 0 Å². The molecule has 1 fully saturated rings. The minimum atomic E-state index is -0.0487. The molecule has 0 radical (unpaired) electrons. The van der Waals surface area contributed by atoms with Gasteiger partial charge in [-0.3, -0.25) is 9.89 Å². The van der Waals surface area contributed by atoms with Crippen LogP contribution >= 0.6 is 15.9 Å². The lowest BCUT2D eigenvalue weighted by Gasteiger charge is -2.38. The number of hydrogen-bond acceptors (Lipinski definition) is 4. The number of nitrogens with one attached hydrogen (secondary N) is 1. The van der Waals surface area contributed by atoms with Gasteiger partial charge in [-0.2, -0.15) is 5.10 Å². The lowest BCUT2D eigenvalue weighted by Crippen LogP contribution is -2.55. The molecule has 1 N–H and O–H groups in total. The summed E-state index contributed by atoms with van der Waals surface area (Å²) in [7, 11) is 1.64. The molecule has 0 atom stereocenters. The molecule has 7 heteroatoms. The van der Waals surface area contributed by atoms with Crippen molar-refractivity contribution in [3.63, 3.8) is 0 Å². The number of methoxy groups -OCH3 is 1. The molecule has 1 aliphatic heterocycles. The van der Waals surface area contributed by atoms with Gasteiger partial charge >= 0.3 is 0 Å². The number of hydrogen-bond donors (Lipinski definition) is 1. The molecule has 3 rings (SSSR count). The Kier molecular flexibility index (Phi) is 5.09. The number of benzene rings is 1. The van der Waals surface area contributed by atoms with Crippen LogP contribution in [0.3, 0.4) is 0 Å². The van der Waals surface area contributed by atoms with Crippen molar-refractivity contribution in [2.24, 2.45) is 0 Å². The molecular formula is C16H18BrN3O3. The van der Waals surface area contributed by atoms with E-state index in [0.717, 1.165) is 15.7 Å².